The lowest BCUT2D eigenvalue weighted by Crippen LogP contribution is -2.02. The summed E-state index contributed by atoms with van der Waals surface area (Å²) in [5.41, 5.74) is 9.08. The van der Waals surface area contributed by atoms with Crippen LogP contribution in [0.1, 0.15) is 29.7 Å². The zero-order valence-electron chi connectivity index (χ0n) is 15.3. The van der Waals surface area contributed by atoms with Crippen LogP contribution in [0.25, 0.3) is 5.57 Å². The van der Waals surface area contributed by atoms with Crippen molar-refractivity contribution in [2.24, 2.45) is 5.92 Å². The summed E-state index contributed by atoms with van der Waals surface area (Å²) in [4.78, 5) is 0. The highest BCUT2D eigenvalue weighted by atomic mass is 16.3. The number of aryl methyl sites for hydroxylation is 1. The fourth-order valence-corrected chi connectivity index (χ4v) is 3.83. The first-order valence-electron chi connectivity index (χ1n) is 9.17. The molecule has 1 saturated carbocycles. The Morgan fingerprint density at radius 1 is 1.08 bits per heavy atom. The number of rotatable bonds is 4. The maximum absolute atomic E-state index is 5.51. The number of hydrogen-bond acceptors (Lipinski definition) is 1. The molecular weight excluding hydrogens is 316 g/mol. The lowest BCUT2D eigenvalue weighted by atomic mass is 9.94. The van der Waals surface area contributed by atoms with Crippen LogP contribution in [0.15, 0.2) is 101 Å². The van der Waals surface area contributed by atoms with Gasteiger partial charge in [-0.05, 0) is 59.8 Å². The number of allylic oxidation sites excluding steroid dienone is 8. The largest absolute Gasteiger partial charge is 0.469 e. The Kier molecular flexibility index (Phi) is 4.38. The van der Waals surface area contributed by atoms with E-state index in [4.69, 9.17) is 4.42 Å². The summed E-state index contributed by atoms with van der Waals surface area (Å²) in [6.07, 6.45) is 11.3. The van der Waals surface area contributed by atoms with Gasteiger partial charge in [-0.1, -0.05) is 66.8 Å². The van der Waals surface area contributed by atoms with E-state index in [1.165, 1.54) is 39.0 Å². The standard InChI is InChI=1S/C25H24O/c1-17-6-9-21(10-7-17)22-11-8-20(14-22)15-23-13-18(2)25(19(23)3)16-24-5-4-12-26-24/h4-12,15,25H,2-3,13-14,16H2,1H3. The Balaban J connectivity index is 1.45. The molecule has 0 saturated heterocycles. The van der Waals surface area contributed by atoms with Crippen molar-refractivity contribution < 1.29 is 4.42 Å². The first-order chi connectivity index (χ1) is 12.6. The van der Waals surface area contributed by atoms with Crippen molar-refractivity contribution >= 4 is 5.57 Å². The normalized spacial score (nSPS) is 21.4. The molecule has 1 nitrogen and oxygen atoms in total. The predicted octanol–water partition coefficient (Wildman–Crippen LogP) is 6.60. The first-order valence-corrected chi connectivity index (χ1v) is 9.17. The van der Waals surface area contributed by atoms with Crippen LogP contribution >= 0.6 is 0 Å². The quantitative estimate of drug-likeness (QED) is 0.571. The molecule has 1 fully saturated rings. The van der Waals surface area contributed by atoms with Crippen LogP contribution in [0.5, 0.6) is 0 Å². The lowest BCUT2D eigenvalue weighted by Gasteiger charge is -2.10. The van der Waals surface area contributed by atoms with Gasteiger partial charge in [-0.25, -0.2) is 0 Å². The van der Waals surface area contributed by atoms with Crippen molar-refractivity contribution in [2.45, 2.75) is 26.2 Å². The van der Waals surface area contributed by atoms with E-state index in [1.54, 1.807) is 6.26 Å². The highest BCUT2D eigenvalue weighted by Crippen LogP contribution is 2.42. The first kappa shape index (κ1) is 16.7. The average Bonchev–Trinajstić information content (AvgIpc) is 3.35. The SMILES string of the molecule is C=C1CC(=CC2=CC=C(c3ccc(C)cc3)C2)C(=C)C1Cc1ccco1. The maximum Gasteiger partial charge on any atom is 0.104 e. The second-order valence-electron chi connectivity index (χ2n) is 7.34. The third kappa shape index (κ3) is 3.30. The molecule has 0 spiro atoms. The molecule has 26 heavy (non-hydrogen) atoms. The summed E-state index contributed by atoms with van der Waals surface area (Å²) in [5, 5.41) is 0. The Labute approximate surface area is 155 Å². The van der Waals surface area contributed by atoms with Crippen LogP contribution < -0.4 is 0 Å². The summed E-state index contributed by atoms with van der Waals surface area (Å²) >= 11 is 0. The van der Waals surface area contributed by atoms with Crippen molar-refractivity contribution in [3.8, 4) is 0 Å². The molecule has 0 bridgehead atoms. The van der Waals surface area contributed by atoms with Gasteiger partial charge in [0.15, 0.2) is 0 Å². The van der Waals surface area contributed by atoms with Crippen molar-refractivity contribution in [3.63, 3.8) is 0 Å². The fraction of sp³-hybridized carbons (Fsp3) is 0.200. The van der Waals surface area contributed by atoms with Crippen molar-refractivity contribution in [1.82, 2.24) is 0 Å². The van der Waals surface area contributed by atoms with Crippen LogP contribution in [-0.2, 0) is 6.42 Å². The van der Waals surface area contributed by atoms with Gasteiger partial charge >= 0.3 is 0 Å². The Morgan fingerprint density at radius 3 is 2.62 bits per heavy atom. The molecule has 1 aromatic heterocycles. The number of benzene rings is 1. The van der Waals surface area contributed by atoms with Gasteiger partial charge in [-0.3, -0.25) is 0 Å². The van der Waals surface area contributed by atoms with Crippen molar-refractivity contribution in [3.05, 3.63) is 113 Å². The summed E-state index contributed by atoms with van der Waals surface area (Å²) in [5.74, 6) is 1.29. The molecule has 0 amide bonds. The average molecular weight is 340 g/mol. The zero-order valence-corrected chi connectivity index (χ0v) is 15.3. The molecule has 1 aromatic carbocycles. The van der Waals surface area contributed by atoms with E-state index in [2.05, 4.69) is 62.6 Å². The summed E-state index contributed by atoms with van der Waals surface area (Å²) in [6, 6.07) is 12.7. The minimum atomic E-state index is 0.291. The molecule has 2 aliphatic carbocycles. The second kappa shape index (κ2) is 6.84. The van der Waals surface area contributed by atoms with E-state index in [9.17, 15) is 0 Å². The highest BCUT2D eigenvalue weighted by molar-refractivity contribution is 5.74. The minimum absolute atomic E-state index is 0.291. The van der Waals surface area contributed by atoms with Crippen molar-refractivity contribution in [2.75, 3.05) is 0 Å². The molecule has 4 rings (SSSR count). The van der Waals surface area contributed by atoms with Crippen LogP contribution in [0, 0.1) is 12.8 Å². The third-order valence-corrected chi connectivity index (χ3v) is 5.40. The molecule has 0 N–H and O–H groups in total. The summed E-state index contributed by atoms with van der Waals surface area (Å²) < 4.78 is 5.51. The smallest absolute Gasteiger partial charge is 0.104 e. The summed E-state index contributed by atoms with van der Waals surface area (Å²) in [7, 11) is 0. The monoisotopic (exact) mass is 340 g/mol. The van der Waals surface area contributed by atoms with Crippen LogP contribution in [-0.4, -0.2) is 0 Å². The predicted molar refractivity (Wildman–Crippen MR) is 109 cm³/mol. The molecule has 2 aliphatic rings. The molecule has 1 heteroatoms. The molecule has 130 valence electrons. The molecule has 1 unspecified atom stereocenters. The number of furan rings is 1. The molecule has 0 aliphatic heterocycles. The maximum atomic E-state index is 5.51. The Bertz CT molecular complexity index is 931. The second-order valence-corrected chi connectivity index (χ2v) is 7.34. The van der Waals surface area contributed by atoms with Crippen LogP contribution in [0.4, 0.5) is 0 Å². The highest BCUT2D eigenvalue weighted by Gasteiger charge is 2.28. The molecule has 0 radical (unpaired) electrons. The number of hydrogen-bond donors (Lipinski definition) is 0. The van der Waals surface area contributed by atoms with E-state index in [0.29, 0.717) is 5.92 Å². The van der Waals surface area contributed by atoms with E-state index >= 15 is 0 Å². The third-order valence-electron chi connectivity index (χ3n) is 5.40. The Hall–Kier alpha value is -2.80. The van der Waals surface area contributed by atoms with Crippen LogP contribution in [0.2, 0.25) is 0 Å². The van der Waals surface area contributed by atoms with Gasteiger partial charge in [-0.2, -0.15) is 0 Å². The zero-order chi connectivity index (χ0) is 18.1. The fourth-order valence-electron chi connectivity index (χ4n) is 3.83. The van der Waals surface area contributed by atoms with Gasteiger partial charge in [0.25, 0.3) is 0 Å². The molecule has 2 aromatic rings. The van der Waals surface area contributed by atoms with Gasteiger partial charge < -0.3 is 4.42 Å². The van der Waals surface area contributed by atoms with E-state index in [1.807, 2.05) is 12.1 Å². The van der Waals surface area contributed by atoms with E-state index < -0.39 is 0 Å². The summed E-state index contributed by atoms with van der Waals surface area (Å²) in [6.45, 7) is 10.8. The Morgan fingerprint density at radius 2 is 1.88 bits per heavy atom. The minimum Gasteiger partial charge on any atom is -0.469 e. The van der Waals surface area contributed by atoms with Gasteiger partial charge in [0.1, 0.15) is 5.76 Å². The van der Waals surface area contributed by atoms with E-state index in [-0.39, 0.29) is 0 Å². The topological polar surface area (TPSA) is 13.1 Å². The van der Waals surface area contributed by atoms with Gasteiger partial charge in [0.05, 0.1) is 6.26 Å². The van der Waals surface area contributed by atoms with Gasteiger partial charge in [0, 0.05) is 12.3 Å². The van der Waals surface area contributed by atoms with Crippen molar-refractivity contribution in [1.29, 1.82) is 0 Å². The molecule has 1 heterocycles. The molecule has 1 atom stereocenters. The van der Waals surface area contributed by atoms with Crippen LogP contribution in [0.3, 0.4) is 0 Å². The molecular formula is C25H24O. The lowest BCUT2D eigenvalue weighted by molar-refractivity contribution is 0.490. The van der Waals surface area contributed by atoms with E-state index in [0.717, 1.165) is 25.0 Å². The van der Waals surface area contributed by atoms with Gasteiger partial charge in [-0.15, -0.1) is 0 Å². The van der Waals surface area contributed by atoms with Gasteiger partial charge in [0.2, 0.25) is 0 Å².